The first-order valence-corrected chi connectivity index (χ1v) is 6.36. The van der Waals surface area contributed by atoms with Crippen LogP contribution in [0.1, 0.15) is 30.6 Å². The number of thioether (sulfide) groups is 1. The normalized spacial score (nSPS) is 10.2. The third-order valence-corrected chi connectivity index (χ3v) is 3.56. The van der Waals surface area contributed by atoms with E-state index in [0.29, 0.717) is 0 Å². The summed E-state index contributed by atoms with van der Waals surface area (Å²) < 4.78 is 0.962. The monoisotopic (exact) mass is 272 g/mol. The molecule has 0 atom stereocenters. The van der Waals surface area contributed by atoms with Gasteiger partial charge in [-0.3, -0.25) is 4.79 Å². The molecule has 1 aromatic carbocycles. The highest BCUT2D eigenvalue weighted by Crippen LogP contribution is 2.26. The molecule has 0 fully saturated rings. The van der Waals surface area contributed by atoms with Gasteiger partial charge in [0.05, 0.1) is 0 Å². The number of hydrogen-bond donors (Lipinski definition) is 0. The number of rotatable bonds is 4. The van der Waals surface area contributed by atoms with E-state index in [-0.39, 0.29) is 5.78 Å². The Kier molecular flexibility index (Phi) is 4.69. The molecule has 0 aliphatic carbocycles. The molecule has 0 aliphatic rings. The van der Waals surface area contributed by atoms with Crippen molar-refractivity contribution in [2.45, 2.75) is 25.2 Å². The summed E-state index contributed by atoms with van der Waals surface area (Å²) in [5.74, 6) is 1.19. The van der Waals surface area contributed by atoms with E-state index < -0.39 is 0 Å². The third-order valence-electron chi connectivity index (χ3n) is 1.78. The molecule has 1 nitrogen and oxygen atoms in total. The number of carbonyl (C=O) groups is 1. The first kappa shape index (κ1) is 11.8. The predicted molar refractivity (Wildman–Crippen MR) is 65.2 cm³/mol. The van der Waals surface area contributed by atoms with Gasteiger partial charge in [-0.15, -0.1) is 11.8 Å². The molecule has 0 heterocycles. The lowest BCUT2D eigenvalue weighted by molar-refractivity contribution is 0.101. The Bertz CT molecular complexity index is 336. The van der Waals surface area contributed by atoms with Crippen molar-refractivity contribution >= 4 is 33.5 Å². The van der Waals surface area contributed by atoms with Crippen LogP contribution in [0.2, 0.25) is 0 Å². The second kappa shape index (κ2) is 5.56. The Morgan fingerprint density at radius 1 is 1.50 bits per heavy atom. The summed E-state index contributed by atoms with van der Waals surface area (Å²) in [6.07, 6.45) is 1.12. The molecule has 1 aromatic rings. The molecule has 0 spiro atoms. The Morgan fingerprint density at radius 2 is 2.21 bits per heavy atom. The average molecular weight is 273 g/mol. The summed E-state index contributed by atoms with van der Waals surface area (Å²) in [6, 6.07) is 5.87. The van der Waals surface area contributed by atoms with Crippen LogP contribution in [0.15, 0.2) is 27.6 Å². The number of hydrogen-bond acceptors (Lipinski definition) is 2. The van der Waals surface area contributed by atoms with Crippen molar-refractivity contribution in [1.82, 2.24) is 0 Å². The number of benzene rings is 1. The Labute approximate surface area is 97.4 Å². The van der Waals surface area contributed by atoms with Gasteiger partial charge in [-0.05, 0) is 37.3 Å². The van der Waals surface area contributed by atoms with Gasteiger partial charge in [0.2, 0.25) is 0 Å². The molecule has 0 N–H and O–H groups in total. The summed E-state index contributed by atoms with van der Waals surface area (Å²) in [5.41, 5.74) is 0.817. The lowest BCUT2D eigenvalue weighted by atomic mass is 10.1. The summed E-state index contributed by atoms with van der Waals surface area (Å²) >= 11 is 5.11. The fourth-order valence-electron chi connectivity index (χ4n) is 1.12. The highest BCUT2D eigenvalue weighted by molar-refractivity contribution is 9.10. The van der Waals surface area contributed by atoms with Crippen molar-refractivity contribution in [3.63, 3.8) is 0 Å². The van der Waals surface area contributed by atoms with Crippen LogP contribution in [0.25, 0.3) is 0 Å². The van der Waals surface area contributed by atoms with Crippen LogP contribution in [0.5, 0.6) is 0 Å². The number of halogens is 1. The summed E-state index contributed by atoms with van der Waals surface area (Å²) in [7, 11) is 0. The Balaban J connectivity index is 2.96. The van der Waals surface area contributed by atoms with Gasteiger partial charge in [0.15, 0.2) is 5.78 Å². The largest absolute Gasteiger partial charge is 0.294 e. The molecule has 0 aromatic heterocycles. The van der Waals surface area contributed by atoms with Crippen molar-refractivity contribution < 1.29 is 4.79 Å². The molecule has 0 amide bonds. The van der Waals surface area contributed by atoms with Crippen LogP contribution < -0.4 is 0 Å². The van der Waals surface area contributed by atoms with E-state index in [1.807, 2.05) is 18.2 Å². The maximum absolute atomic E-state index is 11.3. The first-order valence-electron chi connectivity index (χ1n) is 4.58. The van der Waals surface area contributed by atoms with Crippen LogP contribution in [0.4, 0.5) is 0 Å². The van der Waals surface area contributed by atoms with E-state index in [1.54, 1.807) is 18.7 Å². The van der Waals surface area contributed by atoms with Crippen LogP contribution in [-0.2, 0) is 0 Å². The summed E-state index contributed by atoms with van der Waals surface area (Å²) in [6.45, 7) is 3.75. The van der Waals surface area contributed by atoms with Crippen molar-refractivity contribution in [1.29, 1.82) is 0 Å². The van der Waals surface area contributed by atoms with E-state index in [2.05, 4.69) is 22.9 Å². The smallest absolute Gasteiger partial charge is 0.160 e. The van der Waals surface area contributed by atoms with Gasteiger partial charge < -0.3 is 0 Å². The van der Waals surface area contributed by atoms with Crippen LogP contribution >= 0.6 is 27.7 Å². The van der Waals surface area contributed by atoms with Gasteiger partial charge in [0.25, 0.3) is 0 Å². The standard InChI is InChI=1S/C11H13BrOS/c1-3-6-14-11-5-4-9(12)7-10(11)8(2)13/h4-5,7H,3,6H2,1-2H3. The van der Waals surface area contributed by atoms with Crippen molar-refractivity contribution in [2.24, 2.45) is 0 Å². The molecular weight excluding hydrogens is 260 g/mol. The molecule has 76 valence electrons. The van der Waals surface area contributed by atoms with Crippen molar-refractivity contribution in [2.75, 3.05) is 5.75 Å². The van der Waals surface area contributed by atoms with Gasteiger partial charge in [-0.25, -0.2) is 0 Å². The summed E-state index contributed by atoms with van der Waals surface area (Å²) in [4.78, 5) is 12.4. The van der Waals surface area contributed by atoms with E-state index in [1.165, 1.54) is 0 Å². The highest BCUT2D eigenvalue weighted by Gasteiger charge is 2.07. The minimum absolute atomic E-state index is 0.130. The number of Topliss-reactive ketones (excluding diaryl/α,β-unsaturated/α-hetero) is 1. The van der Waals surface area contributed by atoms with Crippen molar-refractivity contribution in [3.05, 3.63) is 28.2 Å². The topological polar surface area (TPSA) is 17.1 Å². The first-order chi connectivity index (χ1) is 6.65. The van der Waals surface area contributed by atoms with Crippen molar-refractivity contribution in [3.8, 4) is 0 Å². The molecular formula is C11H13BrOS. The Hall–Kier alpha value is -0.280. The second-order valence-electron chi connectivity index (χ2n) is 3.05. The van der Waals surface area contributed by atoms with Gasteiger partial charge >= 0.3 is 0 Å². The zero-order valence-electron chi connectivity index (χ0n) is 8.34. The third kappa shape index (κ3) is 3.14. The molecule has 14 heavy (non-hydrogen) atoms. The molecule has 0 radical (unpaired) electrons. The molecule has 0 saturated carbocycles. The molecule has 0 saturated heterocycles. The molecule has 3 heteroatoms. The van der Waals surface area contributed by atoms with E-state index in [9.17, 15) is 4.79 Å². The molecule has 1 rings (SSSR count). The maximum atomic E-state index is 11.3. The molecule has 0 aliphatic heterocycles. The van der Waals surface area contributed by atoms with Gasteiger partial charge in [-0.2, -0.15) is 0 Å². The predicted octanol–water partition coefficient (Wildman–Crippen LogP) is 4.15. The lowest BCUT2D eigenvalue weighted by Crippen LogP contribution is -1.95. The van der Waals surface area contributed by atoms with E-state index in [0.717, 1.165) is 27.1 Å². The molecule has 0 bridgehead atoms. The summed E-state index contributed by atoms with van der Waals surface area (Å²) in [5, 5.41) is 0. The maximum Gasteiger partial charge on any atom is 0.160 e. The van der Waals surface area contributed by atoms with Crippen LogP contribution in [0.3, 0.4) is 0 Å². The van der Waals surface area contributed by atoms with E-state index in [4.69, 9.17) is 0 Å². The minimum Gasteiger partial charge on any atom is -0.294 e. The van der Waals surface area contributed by atoms with Crippen LogP contribution in [-0.4, -0.2) is 11.5 Å². The zero-order valence-corrected chi connectivity index (χ0v) is 10.7. The fraction of sp³-hybridized carbons (Fsp3) is 0.364. The molecule has 0 unspecified atom stereocenters. The minimum atomic E-state index is 0.130. The second-order valence-corrected chi connectivity index (χ2v) is 5.10. The number of ketones is 1. The van der Waals surface area contributed by atoms with Gasteiger partial charge in [0.1, 0.15) is 0 Å². The SMILES string of the molecule is CCCSc1ccc(Br)cc1C(C)=O. The zero-order chi connectivity index (χ0) is 10.6. The van der Waals surface area contributed by atoms with Gasteiger partial charge in [0, 0.05) is 14.9 Å². The van der Waals surface area contributed by atoms with E-state index >= 15 is 0 Å². The van der Waals surface area contributed by atoms with Crippen LogP contribution in [0, 0.1) is 0 Å². The highest BCUT2D eigenvalue weighted by atomic mass is 79.9. The lowest BCUT2D eigenvalue weighted by Gasteiger charge is -2.06. The fourth-order valence-corrected chi connectivity index (χ4v) is 2.42. The average Bonchev–Trinajstić information content (AvgIpc) is 2.15. The Morgan fingerprint density at radius 3 is 2.79 bits per heavy atom. The van der Waals surface area contributed by atoms with Gasteiger partial charge in [-0.1, -0.05) is 22.9 Å². The number of carbonyl (C=O) groups excluding carboxylic acids is 1. The quantitative estimate of drug-likeness (QED) is 0.605.